The Morgan fingerprint density at radius 2 is 1.28 bits per heavy atom. The summed E-state index contributed by atoms with van der Waals surface area (Å²) in [5, 5.41) is 4.45. The monoisotopic (exact) mass is 577 g/mol. The number of hydrogen-bond donors (Lipinski definition) is 0. The molecule has 0 aliphatic heterocycles. The molecule has 43 heavy (non-hydrogen) atoms. The fourth-order valence-electron chi connectivity index (χ4n) is 21.7. The Hall–Kier alpha value is -0.400. The molecule has 23 unspecified atom stereocenters. The zero-order chi connectivity index (χ0) is 27.6. The minimum absolute atomic E-state index is 0.0919. The molecule has 230 valence electrons. The van der Waals surface area contributed by atoms with E-state index in [1.54, 1.807) is 38.5 Å². The van der Waals surface area contributed by atoms with Gasteiger partial charge in [0.1, 0.15) is 5.54 Å². The van der Waals surface area contributed by atoms with E-state index in [0.717, 1.165) is 100 Å². The molecule has 14 saturated carbocycles. The van der Waals surface area contributed by atoms with Crippen molar-refractivity contribution in [3.05, 3.63) is 4.91 Å². The second-order valence-corrected chi connectivity index (χ2v) is 21.1. The third-order valence-electron chi connectivity index (χ3n) is 22.5. The first-order valence-corrected chi connectivity index (χ1v) is 20.5. The first kappa shape index (κ1) is 23.8. The molecule has 2 heteroatoms. The van der Waals surface area contributed by atoms with Crippen LogP contribution in [0.2, 0.25) is 0 Å². The molecule has 0 radical (unpaired) electrons. The summed E-state index contributed by atoms with van der Waals surface area (Å²) in [6.07, 6.45) is 18.5. The van der Waals surface area contributed by atoms with Gasteiger partial charge in [-0.25, -0.2) is 0 Å². The lowest BCUT2D eigenvalue weighted by Gasteiger charge is -2.92. The van der Waals surface area contributed by atoms with E-state index in [2.05, 4.69) is 19.0 Å². The van der Waals surface area contributed by atoms with Gasteiger partial charge in [-0.3, -0.25) is 0 Å². The molecule has 0 spiro atoms. The van der Waals surface area contributed by atoms with Crippen LogP contribution < -0.4 is 0 Å². The summed E-state index contributed by atoms with van der Waals surface area (Å²) < 4.78 is 0. The van der Waals surface area contributed by atoms with E-state index in [1.165, 1.54) is 85.9 Å². The van der Waals surface area contributed by atoms with Crippen LogP contribution in [0.1, 0.15) is 90.9 Å². The van der Waals surface area contributed by atoms with Crippen molar-refractivity contribution in [2.75, 3.05) is 0 Å². The molecule has 0 saturated heterocycles. The number of nitrogens with zero attached hydrogens (tertiary/aromatic N) is 1. The number of rotatable bonds is 4. The van der Waals surface area contributed by atoms with Gasteiger partial charge in [0.25, 0.3) is 0 Å². The van der Waals surface area contributed by atoms with Crippen LogP contribution in [0.15, 0.2) is 5.18 Å². The van der Waals surface area contributed by atoms with Crippen LogP contribution in [0, 0.1) is 158 Å². The molecule has 0 aromatic heterocycles. The maximum atomic E-state index is 13.3. The van der Waals surface area contributed by atoms with Gasteiger partial charge in [0.2, 0.25) is 0 Å². The Balaban J connectivity index is 0.764. The van der Waals surface area contributed by atoms with Crippen molar-refractivity contribution in [1.82, 2.24) is 0 Å². The van der Waals surface area contributed by atoms with Crippen LogP contribution in [0.4, 0.5) is 0 Å². The highest BCUT2D eigenvalue weighted by molar-refractivity contribution is 5.41. The van der Waals surface area contributed by atoms with Gasteiger partial charge in [-0.15, -0.1) is 0 Å². The van der Waals surface area contributed by atoms with E-state index in [1.807, 2.05) is 0 Å². The molecule has 0 aromatic carbocycles. The third-order valence-corrected chi connectivity index (χ3v) is 22.5. The quantitative estimate of drug-likeness (QED) is 0.243. The summed E-state index contributed by atoms with van der Waals surface area (Å²) in [7, 11) is 0. The molecule has 0 N–H and O–H groups in total. The molecule has 27 atom stereocenters. The Morgan fingerprint density at radius 1 is 0.558 bits per heavy atom. The normalized spacial score (nSPS) is 78.5. The van der Waals surface area contributed by atoms with Crippen LogP contribution in [-0.4, -0.2) is 5.54 Å². The Bertz CT molecular complexity index is 1370. The van der Waals surface area contributed by atoms with E-state index in [0.29, 0.717) is 5.92 Å². The molecule has 0 amide bonds. The summed E-state index contributed by atoms with van der Waals surface area (Å²) in [6.45, 7) is 5.04. The van der Waals surface area contributed by atoms with Gasteiger partial charge in [0.15, 0.2) is 0 Å². The number of fused-ring (bicyclic) bond motifs is 27. The van der Waals surface area contributed by atoms with Crippen molar-refractivity contribution < 1.29 is 0 Å². The zero-order valence-corrected chi connectivity index (χ0v) is 26.8. The van der Waals surface area contributed by atoms with E-state index in [-0.39, 0.29) is 5.54 Å². The smallest absolute Gasteiger partial charge is 0.112 e. The lowest BCUT2D eigenvalue weighted by Crippen LogP contribution is -2.91. The van der Waals surface area contributed by atoms with E-state index < -0.39 is 0 Å². The lowest BCUT2D eigenvalue weighted by atomic mass is 9.12. The lowest BCUT2D eigenvalue weighted by molar-refractivity contribution is -0.441. The van der Waals surface area contributed by atoms with Crippen LogP contribution in [0.3, 0.4) is 0 Å². The van der Waals surface area contributed by atoms with Crippen molar-refractivity contribution in [3.63, 3.8) is 0 Å². The molecule has 14 fully saturated rings. The highest BCUT2D eigenvalue weighted by Gasteiger charge is 2.93. The van der Waals surface area contributed by atoms with Crippen molar-refractivity contribution >= 4 is 0 Å². The first-order chi connectivity index (χ1) is 21.2. The molecule has 14 rings (SSSR count). The predicted molar refractivity (Wildman–Crippen MR) is 165 cm³/mol. The minimum atomic E-state index is -0.0919. The highest BCUT2D eigenvalue weighted by Crippen LogP contribution is 2.94. The van der Waals surface area contributed by atoms with Gasteiger partial charge in [0, 0.05) is 0 Å². The van der Waals surface area contributed by atoms with E-state index >= 15 is 0 Å². The predicted octanol–water partition coefficient (Wildman–Crippen LogP) is 8.79. The van der Waals surface area contributed by atoms with Crippen LogP contribution >= 0.6 is 0 Å². The highest BCUT2D eigenvalue weighted by atomic mass is 16.3. The fourth-order valence-corrected chi connectivity index (χ4v) is 21.7. The summed E-state index contributed by atoms with van der Waals surface area (Å²) in [5.74, 6) is 25.8. The molecule has 0 bridgehead atoms. The average Bonchev–Trinajstić information content (AvgIpc) is 3.41. The molecule has 14 aliphatic carbocycles. The fraction of sp³-hybridized carbons (Fsp3) is 1.00. The van der Waals surface area contributed by atoms with Crippen molar-refractivity contribution in [2.24, 2.45) is 159 Å². The molecular formula is C41H55NO. The molecular weight excluding hydrogens is 522 g/mol. The summed E-state index contributed by atoms with van der Waals surface area (Å²) in [4.78, 5) is 13.3. The van der Waals surface area contributed by atoms with Crippen LogP contribution in [-0.2, 0) is 0 Å². The van der Waals surface area contributed by atoms with Crippen LogP contribution in [0.5, 0.6) is 0 Å². The standard InChI is InChI=1S/C41H55NO/c1-3-17-26(18-6-4-15(18)2)36-27(17)21-9-11-25-33-38-32(39(33)41(25,42-43)37(21)36)24-12-13-40(24,38)23-10-8-20-29(23)35-30(20)34-28-19-7-5-16(19)14-22(28)31(34)35/h15-39H,3-14H2,1-2H3/t15?,16?,17?,18?,19-,20?,21?,22?,23?,24+,25?,26?,27?,28?,29?,30?,31+,32?,33?,34?,35?,36?,37?,38?,39?,40-,41?/m1/s1. The largest absolute Gasteiger partial charge is 0.150 e. The topological polar surface area (TPSA) is 29.4 Å². The van der Waals surface area contributed by atoms with E-state index in [4.69, 9.17) is 0 Å². The number of nitroso groups, excluding NO2 is 1. The van der Waals surface area contributed by atoms with Crippen molar-refractivity contribution in [3.8, 4) is 0 Å². The average molecular weight is 578 g/mol. The molecule has 14 aliphatic rings. The summed E-state index contributed by atoms with van der Waals surface area (Å²) in [6, 6.07) is 0. The van der Waals surface area contributed by atoms with Gasteiger partial charge in [-0.2, -0.15) is 4.91 Å². The van der Waals surface area contributed by atoms with E-state index in [9.17, 15) is 4.91 Å². The zero-order valence-electron chi connectivity index (χ0n) is 26.8. The second-order valence-electron chi connectivity index (χ2n) is 21.1. The Morgan fingerprint density at radius 3 is 2.00 bits per heavy atom. The van der Waals surface area contributed by atoms with Gasteiger partial charge >= 0.3 is 0 Å². The van der Waals surface area contributed by atoms with Gasteiger partial charge in [0.05, 0.1) is 0 Å². The van der Waals surface area contributed by atoms with Crippen molar-refractivity contribution in [1.29, 1.82) is 0 Å². The Labute approximate surface area is 259 Å². The maximum Gasteiger partial charge on any atom is 0.112 e. The first-order valence-electron chi connectivity index (χ1n) is 20.5. The molecule has 0 aromatic rings. The van der Waals surface area contributed by atoms with Gasteiger partial charge < -0.3 is 0 Å². The third kappa shape index (κ3) is 1.96. The maximum absolute atomic E-state index is 13.3. The molecule has 0 heterocycles. The second kappa shape index (κ2) is 6.91. The summed E-state index contributed by atoms with van der Waals surface area (Å²) >= 11 is 0. The minimum Gasteiger partial charge on any atom is -0.150 e. The van der Waals surface area contributed by atoms with Crippen molar-refractivity contribution in [2.45, 2.75) is 96.4 Å². The number of hydrogen-bond acceptors (Lipinski definition) is 2. The molecule has 2 nitrogen and oxygen atoms in total. The SMILES string of the molecule is CCC1C(C2CCC2C)C2C1C1CCC3C4C(C5C4[C@@]4(C6CCC7C8C(C76)[C@H]6C7CC9CC[C@H]9C7C86)CC[C@@H]54)C3(N=O)C12. The van der Waals surface area contributed by atoms with Crippen LogP contribution in [0.25, 0.3) is 0 Å². The Kier molecular flexibility index (Phi) is 3.83. The van der Waals surface area contributed by atoms with Gasteiger partial charge in [-0.1, -0.05) is 31.9 Å². The summed E-state index contributed by atoms with van der Waals surface area (Å²) in [5.41, 5.74) is 0.673. The van der Waals surface area contributed by atoms with Gasteiger partial charge in [-0.05, 0) is 218 Å².